The van der Waals surface area contributed by atoms with Crippen LogP contribution < -0.4 is 4.72 Å². The van der Waals surface area contributed by atoms with Crippen molar-refractivity contribution in [3.05, 3.63) is 42.6 Å². The minimum absolute atomic E-state index is 0.236. The molecule has 0 aliphatic heterocycles. The van der Waals surface area contributed by atoms with Crippen molar-refractivity contribution in [3.8, 4) is 11.3 Å². The van der Waals surface area contributed by atoms with Crippen LogP contribution in [0.4, 0.5) is 5.69 Å². The van der Waals surface area contributed by atoms with Crippen molar-refractivity contribution < 1.29 is 12.6 Å². The summed E-state index contributed by atoms with van der Waals surface area (Å²) in [5.41, 5.74) is 2.77. The highest BCUT2D eigenvalue weighted by molar-refractivity contribution is 7.94. The molecule has 0 radical (unpaired) electrons. The molecular weight excluding hydrogens is 372 g/mol. The van der Waals surface area contributed by atoms with Gasteiger partial charge in [0.1, 0.15) is 0 Å². The standard InChI is InChI=1S/C17H20N4O3S2/c1-17(2,3)26(23,24)20-13-7-5-6-12(10-13)15-9-8-14-11-18-16(25(4)22)19-21(14)15/h5-11,20H,1-4H3. The minimum atomic E-state index is -3.52. The molecule has 1 unspecified atom stereocenters. The topological polar surface area (TPSA) is 93.4 Å². The van der Waals surface area contributed by atoms with Gasteiger partial charge in [-0.3, -0.25) is 8.93 Å². The molecule has 0 saturated heterocycles. The van der Waals surface area contributed by atoms with Crippen molar-refractivity contribution in [2.45, 2.75) is 30.7 Å². The Kier molecular flexibility index (Phi) is 4.61. The molecule has 0 aliphatic carbocycles. The van der Waals surface area contributed by atoms with E-state index in [9.17, 15) is 12.6 Å². The molecule has 1 atom stereocenters. The van der Waals surface area contributed by atoms with Gasteiger partial charge in [0.2, 0.25) is 15.2 Å². The van der Waals surface area contributed by atoms with E-state index in [1.165, 1.54) is 6.26 Å². The van der Waals surface area contributed by atoms with Gasteiger partial charge in [0.05, 0.1) is 33.0 Å². The van der Waals surface area contributed by atoms with Crippen molar-refractivity contribution >= 4 is 32.0 Å². The number of rotatable bonds is 4. The number of hydrogen-bond acceptors (Lipinski definition) is 5. The molecule has 0 amide bonds. The average Bonchev–Trinajstić information content (AvgIpc) is 2.96. The summed E-state index contributed by atoms with van der Waals surface area (Å²) in [6.07, 6.45) is 3.13. The third-order valence-electron chi connectivity index (χ3n) is 3.85. The second kappa shape index (κ2) is 6.48. The maximum absolute atomic E-state index is 12.4. The lowest BCUT2D eigenvalue weighted by atomic mass is 10.1. The third kappa shape index (κ3) is 3.49. The molecule has 1 N–H and O–H groups in total. The highest BCUT2D eigenvalue weighted by Crippen LogP contribution is 2.26. The average molecular weight is 393 g/mol. The van der Waals surface area contributed by atoms with E-state index < -0.39 is 25.6 Å². The smallest absolute Gasteiger partial charge is 0.237 e. The van der Waals surface area contributed by atoms with Gasteiger partial charge in [-0.2, -0.15) is 0 Å². The minimum Gasteiger partial charge on any atom is -0.283 e. The fraction of sp³-hybridized carbons (Fsp3) is 0.294. The zero-order chi connectivity index (χ0) is 19.1. The van der Waals surface area contributed by atoms with Gasteiger partial charge < -0.3 is 0 Å². The van der Waals surface area contributed by atoms with Crippen LogP contribution in [0.15, 0.2) is 47.8 Å². The van der Waals surface area contributed by atoms with Crippen LogP contribution in [-0.4, -0.2) is 38.2 Å². The molecule has 26 heavy (non-hydrogen) atoms. The summed E-state index contributed by atoms with van der Waals surface area (Å²) >= 11 is 0. The van der Waals surface area contributed by atoms with E-state index in [1.807, 2.05) is 18.2 Å². The Morgan fingerprint density at radius 1 is 1.15 bits per heavy atom. The van der Waals surface area contributed by atoms with Gasteiger partial charge in [-0.1, -0.05) is 12.1 Å². The van der Waals surface area contributed by atoms with Gasteiger partial charge in [-0.25, -0.2) is 17.9 Å². The first kappa shape index (κ1) is 18.5. The van der Waals surface area contributed by atoms with Crippen LogP contribution in [0.3, 0.4) is 0 Å². The fourth-order valence-electron chi connectivity index (χ4n) is 2.29. The van der Waals surface area contributed by atoms with E-state index in [2.05, 4.69) is 14.8 Å². The molecule has 0 saturated carbocycles. The molecule has 0 spiro atoms. The highest BCUT2D eigenvalue weighted by Gasteiger charge is 2.28. The molecular formula is C17H20N4O3S2. The normalized spacial score (nSPS) is 13.7. The Hall–Kier alpha value is -2.26. The van der Waals surface area contributed by atoms with Crippen LogP contribution in [0.2, 0.25) is 0 Å². The lowest BCUT2D eigenvalue weighted by Crippen LogP contribution is -2.33. The summed E-state index contributed by atoms with van der Waals surface area (Å²) in [6, 6.07) is 10.8. The molecule has 0 aliphatic rings. The molecule has 0 bridgehead atoms. The van der Waals surface area contributed by atoms with Gasteiger partial charge >= 0.3 is 0 Å². The molecule has 3 aromatic rings. The predicted molar refractivity (Wildman–Crippen MR) is 103 cm³/mol. The van der Waals surface area contributed by atoms with E-state index in [1.54, 1.807) is 49.7 Å². The first-order valence-corrected chi connectivity index (χ1v) is 10.9. The molecule has 7 nitrogen and oxygen atoms in total. The van der Waals surface area contributed by atoms with E-state index in [-0.39, 0.29) is 5.16 Å². The Balaban J connectivity index is 2.05. The number of benzene rings is 1. The number of hydrogen-bond donors (Lipinski definition) is 1. The van der Waals surface area contributed by atoms with Crippen molar-refractivity contribution in [1.82, 2.24) is 14.6 Å². The van der Waals surface area contributed by atoms with Crippen LogP contribution in [0.5, 0.6) is 0 Å². The molecule has 1 aromatic carbocycles. The Bertz CT molecular complexity index is 1100. The summed E-state index contributed by atoms with van der Waals surface area (Å²) in [4.78, 5) is 4.08. The molecule has 9 heteroatoms. The lowest BCUT2D eigenvalue weighted by molar-refractivity contribution is 0.566. The summed E-state index contributed by atoms with van der Waals surface area (Å²) < 4.78 is 39.8. The second-order valence-corrected chi connectivity index (χ2v) is 10.6. The van der Waals surface area contributed by atoms with E-state index >= 15 is 0 Å². The lowest BCUT2D eigenvalue weighted by Gasteiger charge is -2.20. The summed E-state index contributed by atoms with van der Waals surface area (Å²) in [5, 5.41) is 4.56. The van der Waals surface area contributed by atoms with Crippen LogP contribution in [0, 0.1) is 0 Å². The number of sulfonamides is 1. The Labute approximate surface area is 155 Å². The van der Waals surface area contributed by atoms with E-state index in [0.29, 0.717) is 5.69 Å². The monoisotopic (exact) mass is 392 g/mol. The molecule has 2 heterocycles. The largest absolute Gasteiger partial charge is 0.283 e. The van der Waals surface area contributed by atoms with Gasteiger partial charge in [0.25, 0.3) is 0 Å². The maximum atomic E-state index is 12.4. The second-order valence-electron chi connectivity index (χ2n) is 6.85. The summed E-state index contributed by atoms with van der Waals surface area (Å²) in [7, 11) is -4.82. The van der Waals surface area contributed by atoms with Crippen molar-refractivity contribution in [2.75, 3.05) is 11.0 Å². The van der Waals surface area contributed by atoms with Gasteiger partial charge in [0, 0.05) is 17.5 Å². The fourth-order valence-corrected chi connectivity index (χ4v) is 3.43. The number of nitrogens with one attached hydrogen (secondary N) is 1. The highest BCUT2D eigenvalue weighted by atomic mass is 32.2. The maximum Gasteiger partial charge on any atom is 0.237 e. The van der Waals surface area contributed by atoms with Crippen molar-refractivity contribution in [3.63, 3.8) is 0 Å². The SMILES string of the molecule is CS(=O)c1ncc2ccc(-c3cccc(NS(=O)(=O)C(C)(C)C)c3)n2n1. The first-order valence-electron chi connectivity index (χ1n) is 7.89. The van der Waals surface area contributed by atoms with Crippen LogP contribution in [0.25, 0.3) is 16.8 Å². The zero-order valence-electron chi connectivity index (χ0n) is 14.9. The quantitative estimate of drug-likeness (QED) is 0.737. The number of fused-ring (bicyclic) bond motifs is 1. The number of nitrogens with zero attached hydrogens (tertiary/aromatic N) is 3. The van der Waals surface area contributed by atoms with Gasteiger partial charge in [-0.15, -0.1) is 5.10 Å². The third-order valence-corrected chi connectivity index (χ3v) is 6.67. The van der Waals surface area contributed by atoms with E-state index in [0.717, 1.165) is 16.8 Å². The predicted octanol–water partition coefficient (Wildman–Crippen LogP) is 2.67. The van der Waals surface area contributed by atoms with Crippen LogP contribution in [-0.2, 0) is 20.8 Å². The van der Waals surface area contributed by atoms with E-state index in [4.69, 9.17) is 0 Å². The van der Waals surface area contributed by atoms with Crippen molar-refractivity contribution in [2.24, 2.45) is 0 Å². The first-order chi connectivity index (χ1) is 12.1. The Morgan fingerprint density at radius 3 is 2.54 bits per heavy atom. The molecule has 138 valence electrons. The van der Waals surface area contributed by atoms with Gasteiger partial charge in [0.15, 0.2) is 0 Å². The number of anilines is 1. The molecule has 3 rings (SSSR count). The van der Waals surface area contributed by atoms with Crippen molar-refractivity contribution in [1.29, 1.82) is 0 Å². The molecule has 2 aromatic heterocycles. The van der Waals surface area contributed by atoms with Crippen LogP contribution in [0.1, 0.15) is 20.8 Å². The Morgan fingerprint density at radius 2 is 1.88 bits per heavy atom. The molecule has 0 fully saturated rings. The van der Waals surface area contributed by atoms with Gasteiger partial charge in [-0.05, 0) is 45.0 Å². The zero-order valence-corrected chi connectivity index (χ0v) is 16.6. The summed E-state index contributed by atoms with van der Waals surface area (Å²) in [5.74, 6) is 0. The summed E-state index contributed by atoms with van der Waals surface area (Å²) in [6.45, 7) is 4.93. The number of aromatic nitrogens is 3. The van der Waals surface area contributed by atoms with Crippen LogP contribution >= 0.6 is 0 Å².